The van der Waals surface area contributed by atoms with Gasteiger partial charge in [0.1, 0.15) is 10.7 Å². The average molecular weight is 341 g/mol. The van der Waals surface area contributed by atoms with Gasteiger partial charge < -0.3 is 10.6 Å². The SMILES string of the molecule is Nc1ccc2c(c1)[C@@H]1CC[C@@H]2N1c1ncc(C(F)(F)F)c(Cl)n1. The summed E-state index contributed by atoms with van der Waals surface area (Å²) >= 11 is 5.73. The summed E-state index contributed by atoms with van der Waals surface area (Å²) in [5.41, 5.74) is 7.73. The highest BCUT2D eigenvalue weighted by Gasteiger charge is 2.45. The molecule has 0 spiro atoms. The molecule has 3 heterocycles. The number of anilines is 2. The first-order chi connectivity index (χ1) is 10.9. The van der Waals surface area contributed by atoms with E-state index in [0.29, 0.717) is 5.69 Å². The molecule has 1 fully saturated rings. The van der Waals surface area contributed by atoms with E-state index in [9.17, 15) is 13.2 Å². The topological polar surface area (TPSA) is 55.0 Å². The molecule has 2 aliphatic heterocycles. The number of fused-ring (bicyclic) bond motifs is 5. The van der Waals surface area contributed by atoms with E-state index in [0.717, 1.165) is 30.2 Å². The molecule has 1 aromatic carbocycles. The summed E-state index contributed by atoms with van der Waals surface area (Å²) in [5, 5.41) is -0.572. The maximum atomic E-state index is 12.8. The third-order valence-electron chi connectivity index (χ3n) is 4.48. The van der Waals surface area contributed by atoms with E-state index in [1.807, 2.05) is 23.1 Å². The van der Waals surface area contributed by atoms with Crippen molar-refractivity contribution in [1.29, 1.82) is 0 Å². The summed E-state index contributed by atoms with van der Waals surface area (Å²) in [7, 11) is 0. The number of nitrogen functional groups attached to an aromatic ring is 1. The number of halogens is 4. The van der Waals surface area contributed by atoms with Gasteiger partial charge in [-0.15, -0.1) is 0 Å². The van der Waals surface area contributed by atoms with E-state index in [4.69, 9.17) is 17.3 Å². The predicted octanol–water partition coefficient (Wildman–Crippen LogP) is 4.13. The smallest absolute Gasteiger partial charge is 0.399 e. The second-order valence-electron chi connectivity index (χ2n) is 5.78. The van der Waals surface area contributed by atoms with Gasteiger partial charge in [-0.25, -0.2) is 9.97 Å². The average Bonchev–Trinajstić information content (AvgIpc) is 3.02. The Morgan fingerprint density at radius 3 is 2.52 bits per heavy atom. The fourth-order valence-corrected chi connectivity index (χ4v) is 3.78. The lowest BCUT2D eigenvalue weighted by Crippen LogP contribution is -2.22. The Balaban J connectivity index is 1.75. The molecule has 23 heavy (non-hydrogen) atoms. The molecule has 0 aliphatic carbocycles. The Labute approximate surface area is 135 Å². The van der Waals surface area contributed by atoms with Gasteiger partial charge in [0.2, 0.25) is 5.95 Å². The summed E-state index contributed by atoms with van der Waals surface area (Å²) in [6, 6.07) is 5.80. The van der Waals surface area contributed by atoms with Crippen molar-refractivity contribution in [2.75, 3.05) is 10.6 Å². The lowest BCUT2D eigenvalue weighted by atomic mass is 9.91. The number of benzene rings is 1. The third kappa shape index (κ3) is 2.14. The molecule has 2 N–H and O–H groups in total. The number of rotatable bonds is 1. The Morgan fingerprint density at radius 1 is 1.17 bits per heavy atom. The van der Waals surface area contributed by atoms with E-state index in [-0.39, 0.29) is 18.0 Å². The number of hydrogen-bond donors (Lipinski definition) is 1. The fraction of sp³-hybridized carbons (Fsp3) is 0.333. The maximum Gasteiger partial charge on any atom is 0.420 e. The van der Waals surface area contributed by atoms with E-state index in [2.05, 4.69) is 9.97 Å². The fourth-order valence-electron chi connectivity index (χ4n) is 3.55. The van der Waals surface area contributed by atoms with Gasteiger partial charge in [-0.05, 0) is 36.1 Å². The summed E-state index contributed by atoms with van der Waals surface area (Å²) in [5.74, 6) is 0.227. The van der Waals surface area contributed by atoms with Crippen molar-refractivity contribution in [2.24, 2.45) is 0 Å². The van der Waals surface area contributed by atoms with Crippen molar-refractivity contribution >= 4 is 23.2 Å². The number of nitrogens with two attached hydrogens (primary N) is 1. The van der Waals surface area contributed by atoms with Gasteiger partial charge in [-0.2, -0.15) is 13.2 Å². The molecule has 8 heteroatoms. The molecule has 2 bridgehead atoms. The molecule has 1 saturated heterocycles. The van der Waals surface area contributed by atoms with Crippen molar-refractivity contribution in [3.05, 3.63) is 46.2 Å². The first kappa shape index (κ1) is 14.6. The molecule has 4 rings (SSSR count). The van der Waals surface area contributed by atoms with E-state index in [1.54, 1.807) is 0 Å². The zero-order valence-corrected chi connectivity index (χ0v) is 12.6. The van der Waals surface area contributed by atoms with Crippen LogP contribution in [-0.4, -0.2) is 9.97 Å². The molecule has 2 atom stereocenters. The second-order valence-corrected chi connectivity index (χ2v) is 6.13. The van der Waals surface area contributed by atoms with Crippen LogP contribution < -0.4 is 10.6 Å². The van der Waals surface area contributed by atoms with Crippen LogP contribution in [0.1, 0.15) is 41.6 Å². The number of alkyl halides is 3. The van der Waals surface area contributed by atoms with Gasteiger partial charge in [-0.1, -0.05) is 17.7 Å². The maximum absolute atomic E-state index is 12.8. The van der Waals surface area contributed by atoms with Gasteiger partial charge in [0.05, 0.1) is 12.1 Å². The van der Waals surface area contributed by atoms with Crippen LogP contribution in [-0.2, 0) is 6.18 Å². The van der Waals surface area contributed by atoms with Crippen molar-refractivity contribution in [1.82, 2.24) is 9.97 Å². The lowest BCUT2D eigenvalue weighted by Gasteiger charge is -2.23. The Bertz CT molecular complexity index is 793. The monoisotopic (exact) mass is 340 g/mol. The molecule has 0 saturated carbocycles. The van der Waals surface area contributed by atoms with Crippen LogP contribution in [0.5, 0.6) is 0 Å². The minimum absolute atomic E-state index is 0.0336. The zero-order chi connectivity index (χ0) is 16.4. The quantitative estimate of drug-likeness (QED) is 0.626. The Kier molecular flexibility index (Phi) is 3.00. The highest BCUT2D eigenvalue weighted by molar-refractivity contribution is 6.30. The van der Waals surface area contributed by atoms with E-state index in [1.165, 1.54) is 0 Å². The third-order valence-corrected chi connectivity index (χ3v) is 4.77. The Hall–Kier alpha value is -2.02. The number of aromatic nitrogens is 2. The van der Waals surface area contributed by atoms with Gasteiger partial charge in [0, 0.05) is 11.9 Å². The molecule has 4 nitrogen and oxygen atoms in total. The van der Waals surface area contributed by atoms with E-state index < -0.39 is 16.9 Å². The summed E-state index contributed by atoms with van der Waals surface area (Å²) in [4.78, 5) is 9.75. The van der Waals surface area contributed by atoms with Crippen molar-refractivity contribution in [3.63, 3.8) is 0 Å². The molecule has 0 amide bonds. The van der Waals surface area contributed by atoms with E-state index >= 15 is 0 Å². The highest BCUT2D eigenvalue weighted by Crippen LogP contribution is 2.54. The number of nitrogens with zero attached hydrogens (tertiary/aromatic N) is 3. The molecular weight excluding hydrogens is 329 g/mol. The second kappa shape index (κ2) is 4.74. The molecule has 2 aromatic rings. The van der Waals surface area contributed by atoms with Crippen LogP contribution in [0.15, 0.2) is 24.4 Å². The molecule has 2 aliphatic rings. The van der Waals surface area contributed by atoms with Crippen LogP contribution in [0.4, 0.5) is 24.8 Å². The van der Waals surface area contributed by atoms with Crippen molar-refractivity contribution in [3.8, 4) is 0 Å². The van der Waals surface area contributed by atoms with Crippen LogP contribution in [0, 0.1) is 0 Å². The first-order valence-corrected chi connectivity index (χ1v) is 7.51. The number of hydrogen-bond acceptors (Lipinski definition) is 4. The minimum atomic E-state index is -4.56. The van der Waals surface area contributed by atoms with Crippen LogP contribution >= 0.6 is 11.6 Å². The van der Waals surface area contributed by atoms with Gasteiger partial charge in [-0.3, -0.25) is 0 Å². The summed E-state index contributed by atoms with van der Waals surface area (Å²) in [6.07, 6.45) is -2.01. The lowest BCUT2D eigenvalue weighted by molar-refractivity contribution is -0.137. The normalized spacial score (nSPS) is 22.5. The Morgan fingerprint density at radius 2 is 1.87 bits per heavy atom. The minimum Gasteiger partial charge on any atom is -0.399 e. The molecule has 0 unspecified atom stereocenters. The highest BCUT2D eigenvalue weighted by atomic mass is 35.5. The van der Waals surface area contributed by atoms with Crippen molar-refractivity contribution in [2.45, 2.75) is 31.1 Å². The van der Waals surface area contributed by atoms with Gasteiger partial charge in [0.25, 0.3) is 0 Å². The van der Waals surface area contributed by atoms with Crippen LogP contribution in [0.3, 0.4) is 0 Å². The van der Waals surface area contributed by atoms with Crippen LogP contribution in [0.2, 0.25) is 5.15 Å². The molecule has 1 aromatic heterocycles. The standard InChI is InChI=1S/C15H12ClF3N4/c16-13-10(15(17,18)19)6-21-14(22-13)23-11-3-4-12(23)9-5-7(20)1-2-8(9)11/h1-2,5-6,11-12H,3-4,20H2/t11-,12-/m0/s1. The van der Waals surface area contributed by atoms with Gasteiger partial charge in [0.15, 0.2) is 0 Å². The molecule has 0 radical (unpaired) electrons. The molecular formula is C15H12ClF3N4. The summed E-state index contributed by atoms with van der Waals surface area (Å²) in [6.45, 7) is 0. The first-order valence-electron chi connectivity index (χ1n) is 7.13. The van der Waals surface area contributed by atoms with Crippen molar-refractivity contribution < 1.29 is 13.2 Å². The predicted molar refractivity (Wildman–Crippen MR) is 80.1 cm³/mol. The molecule has 120 valence electrons. The zero-order valence-electron chi connectivity index (χ0n) is 11.8. The summed E-state index contributed by atoms with van der Waals surface area (Å²) < 4.78 is 38.4. The largest absolute Gasteiger partial charge is 0.420 e. The van der Waals surface area contributed by atoms with Crippen LogP contribution in [0.25, 0.3) is 0 Å². The van der Waals surface area contributed by atoms with Gasteiger partial charge >= 0.3 is 6.18 Å².